The van der Waals surface area contributed by atoms with Crippen molar-refractivity contribution >= 4 is 40.7 Å². The normalized spacial score (nSPS) is 15.5. The van der Waals surface area contributed by atoms with Crippen LogP contribution in [0.4, 0.5) is 5.69 Å². The van der Waals surface area contributed by atoms with E-state index in [-0.39, 0.29) is 53.7 Å². The number of nitrogens with one attached hydrogen (secondary N) is 1. The molecule has 1 aliphatic heterocycles. The van der Waals surface area contributed by atoms with Gasteiger partial charge in [0.25, 0.3) is 0 Å². The number of ether oxygens (including phenoxy) is 1. The van der Waals surface area contributed by atoms with E-state index < -0.39 is 6.10 Å². The summed E-state index contributed by atoms with van der Waals surface area (Å²) in [5.41, 5.74) is 1.35. The Labute approximate surface area is 196 Å². The molecule has 2 aromatic rings. The molecule has 0 bridgehead atoms. The lowest BCUT2D eigenvalue weighted by Crippen LogP contribution is -2.52. The molecular weight excluding hydrogens is 457 g/mol. The van der Waals surface area contributed by atoms with Gasteiger partial charge in [-0.25, -0.2) is 0 Å². The van der Waals surface area contributed by atoms with E-state index in [1.165, 1.54) is 19.1 Å². The Hall–Kier alpha value is -2.52. The quantitative estimate of drug-likeness (QED) is 0.501. The summed E-state index contributed by atoms with van der Waals surface area (Å²) in [4.78, 5) is 27.6. The summed E-state index contributed by atoms with van der Waals surface area (Å²) in [7, 11) is 0. The first-order chi connectivity index (χ1) is 15.2. The molecule has 1 saturated heterocycles. The highest BCUT2D eigenvalue weighted by atomic mass is 35.5. The van der Waals surface area contributed by atoms with Crippen LogP contribution >= 0.6 is 23.2 Å². The molecule has 1 heterocycles. The van der Waals surface area contributed by atoms with Gasteiger partial charge in [-0.05, 0) is 23.8 Å². The molecule has 0 spiro atoms. The Kier molecular flexibility index (Phi) is 8.20. The number of phenolic OH excluding ortho intramolecular Hbond substituents is 1. The third-order valence-electron chi connectivity index (χ3n) is 4.94. The number of aliphatic hydroxyl groups excluding tert-OH is 1. The number of rotatable bonds is 8. The molecule has 0 saturated carbocycles. The molecule has 1 fully saturated rings. The van der Waals surface area contributed by atoms with Gasteiger partial charge in [0.2, 0.25) is 11.8 Å². The number of anilines is 1. The molecule has 0 unspecified atom stereocenters. The fourth-order valence-electron chi connectivity index (χ4n) is 3.38. The maximum Gasteiger partial charge on any atom is 0.236 e. The third-order valence-corrected chi connectivity index (χ3v) is 5.49. The number of carbonyl (C=O) groups excluding carboxylic acids is 2. The molecule has 2 amide bonds. The van der Waals surface area contributed by atoms with Gasteiger partial charge in [-0.1, -0.05) is 35.3 Å². The molecular formula is C22H25Cl2N3O5. The highest BCUT2D eigenvalue weighted by Crippen LogP contribution is 2.35. The van der Waals surface area contributed by atoms with Gasteiger partial charge in [0.15, 0.2) is 0 Å². The van der Waals surface area contributed by atoms with Gasteiger partial charge in [0, 0.05) is 44.2 Å². The number of phenols is 1. The molecule has 3 N–H and O–H groups in total. The highest BCUT2D eigenvalue weighted by molar-refractivity contribution is 6.32. The zero-order chi connectivity index (χ0) is 23.3. The molecule has 2 aromatic carbocycles. The van der Waals surface area contributed by atoms with Crippen molar-refractivity contribution in [1.29, 1.82) is 0 Å². The van der Waals surface area contributed by atoms with Crippen LogP contribution in [0, 0.1) is 0 Å². The number of benzene rings is 2. The van der Waals surface area contributed by atoms with Gasteiger partial charge in [0.05, 0.1) is 17.3 Å². The topological polar surface area (TPSA) is 102 Å². The lowest BCUT2D eigenvalue weighted by molar-refractivity contribution is -0.138. The summed E-state index contributed by atoms with van der Waals surface area (Å²) in [6.45, 7) is 3.39. The number of aromatic hydroxyl groups is 1. The maximum absolute atomic E-state index is 12.5. The van der Waals surface area contributed by atoms with Crippen LogP contribution in [0.1, 0.15) is 12.5 Å². The minimum Gasteiger partial charge on any atom is -0.506 e. The fraction of sp³-hybridized carbons (Fsp3) is 0.364. The fourth-order valence-corrected chi connectivity index (χ4v) is 3.67. The van der Waals surface area contributed by atoms with Gasteiger partial charge >= 0.3 is 0 Å². The van der Waals surface area contributed by atoms with Gasteiger partial charge in [-0.15, -0.1) is 0 Å². The number of nitrogens with zero attached hydrogens (tertiary/aromatic N) is 2. The van der Waals surface area contributed by atoms with E-state index in [1.54, 1.807) is 4.90 Å². The molecule has 0 radical (unpaired) electrons. The summed E-state index contributed by atoms with van der Waals surface area (Å²) in [5, 5.41) is 23.5. The molecule has 32 heavy (non-hydrogen) atoms. The van der Waals surface area contributed by atoms with Crippen molar-refractivity contribution in [3.8, 4) is 11.5 Å². The first-order valence-electron chi connectivity index (χ1n) is 10.1. The van der Waals surface area contributed by atoms with Crippen molar-refractivity contribution in [2.24, 2.45) is 0 Å². The molecule has 1 aliphatic rings. The highest BCUT2D eigenvalue weighted by Gasteiger charge is 2.26. The molecule has 3 rings (SSSR count). The summed E-state index contributed by atoms with van der Waals surface area (Å²) in [5.74, 6) is -0.455. The smallest absolute Gasteiger partial charge is 0.236 e. The lowest BCUT2D eigenvalue weighted by atomic mass is 10.2. The van der Waals surface area contributed by atoms with Gasteiger partial charge in [-0.3, -0.25) is 14.5 Å². The molecule has 1 atom stereocenters. The van der Waals surface area contributed by atoms with E-state index in [0.29, 0.717) is 24.7 Å². The van der Waals surface area contributed by atoms with Crippen molar-refractivity contribution in [3.63, 3.8) is 0 Å². The van der Waals surface area contributed by atoms with Gasteiger partial charge < -0.3 is 25.2 Å². The van der Waals surface area contributed by atoms with Crippen molar-refractivity contribution in [1.82, 2.24) is 9.80 Å². The third kappa shape index (κ3) is 6.74. The number of amides is 2. The van der Waals surface area contributed by atoms with Crippen LogP contribution in [0.25, 0.3) is 0 Å². The minimum absolute atomic E-state index is 0.0590. The van der Waals surface area contributed by atoms with Gasteiger partial charge in [-0.2, -0.15) is 0 Å². The van der Waals surface area contributed by atoms with E-state index in [0.717, 1.165) is 5.56 Å². The summed E-state index contributed by atoms with van der Waals surface area (Å²) in [6, 6.07) is 10.1. The monoisotopic (exact) mass is 481 g/mol. The van der Waals surface area contributed by atoms with Gasteiger partial charge in [0.1, 0.15) is 24.2 Å². The summed E-state index contributed by atoms with van der Waals surface area (Å²) >= 11 is 11.8. The van der Waals surface area contributed by atoms with Crippen molar-refractivity contribution in [2.45, 2.75) is 19.6 Å². The average molecular weight is 482 g/mol. The predicted octanol–water partition coefficient (Wildman–Crippen LogP) is 2.74. The van der Waals surface area contributed by atoms with Crippen molar-refractivity contribution in [2.75, 3.05) is 38.1 Å². The number of β-amino-alcohol motifs (C(OH)–C–C–N with tert-alkyl or cyclic N) is 1. The Bertz CT molecular complexity index is 971. The average Bonchev–Trinajstić information content (AvgIpc) is 2.73. The summed E-state index contributed by atoms with van der Waals surface area (Å²) < 4.78 is 5.58. The van der Waals surface area contributed by atoms with Crippen LogP contribution in [-0.4, -0.2) is 70.7 Å². The molecule has 0 aromatic heterocycles. The Balaban J connectivity index is 1.51. The van der Waals surface area contributed by atoms with E-state index in [4.69, 9.17) is 27.9 Å². The molecule has 0 aliphatic carbocycles. The zero-order valence-electron chi connectivity index (χ0n) is 17.6. The van der Waals surface area contributed by atoms with Crippen LogP contribution in [0.3, 0.4) is 0 Å². The van der Waals surface area contributed by atoms with Crippen LogP contribution in [0.5, 0.6) is 11.5 Å². The standard InChI is InChI=1S/C22H25Cl2N3O5/c1-14(28)25-19-8-18(24)20(30)9-21(19)32-13-17(29)11-27-7-6-26(12-22(27)31)10-15-2-4-16(23)5-3-15/h2-5,8-9,17,29-30H,6-7,10-13H2,1H3,(H,25,28)/t17-/m0/s1. The first-order valence-corrected chi connectivity index (χ1v) is 10.8. The van der Waals surface area contributed by atoms with Crippen LogP contribution < -0.4 is 10.1 Å². The predicted molar refractivity (Wildman–Crippen MR) is 122 cm³/mol. The lowest BCUT2D eigenvalue weighted by Gasteiger charge is -2.35. The van der Waals surface area contributed by atoms with E-state index in [1.807, 2.05) is 29.2 Å². The number of hydrogen-bond acceptors (Lipinski definition) is 6. The first kappa shape index (κ1) is 24.1. The van der Waals surface area contributed by atoms with Crippen LogP contribution in [0.2, 0.25) is 10.0 Å². The number of halogens is 2. The molecule has 8 nitrogen and oxygen atoms in total. The van der Waals surface area contributed by atoms with E-state index >= 15 is 0 Å². The van der Waals surface area contributed by atoms with Crippen LogP contribution in [-0.2, 0) is 16.1 Å². The number of hydrogen-bond donors (Lipinski definition) is 3. The largest absolute Gasteiger partial charge is 0.506 e. The second-order valence-corrected chi connectivity index (χ2v) is 8.47. The number of carbonyl (C=O) groups is 2. The second-order valence-electron chi connectivity index (χ2n) is 7.62. The molecule has 10 heteroatoms. The van der Waals surface area contributed by atoms with E-state index in [2.05, 4.69) is 5.32 Å². The van der Waals surface area contributed by atoms with Crippen molar-refractivity contribution in [3.05, 3.63) is 52.0 Å². The Morgan fingerprint density at radius 2 is 1.94 bits per heavy atom. The minimum atomic E-state index is -0.954. The SMILES string of the molecule is CC(=O)Nc1cc(Cl)c(O)cc1OC[C@@H](O)CN1CCN(Cc2ccc(Cl)cc2)CC1=O. The number of aliphatic hydroxyl groups is 1. The van der Waals surface area contributed by atoms with Crippen molar-refractivity contribution < 1.29 is 24.5 Å². The summed E-state index contributed by atoms with van der Waals surface area (Å²) in [6.07, 6.45) is -0.954. The second kappa shape index (κ2) is 10.9. The van der Waals surface area contributed by atoms with Crippen LogP contribution in [0.15, 0.2) is 36.4 Å². The Morgan fingerprint density at radius 3 is 2.59 bits per heavy atom. The molecule has 172 valence electrons. The maximum atomic E-state index is 12.5. The Morgan fingerprint density at radius 1 is 1.22 bits per heavy atom. The van der Waals surface area contributed by atoms with E-state index in [9.17, 15) is 19.8 Å². The number of piperazine rings is 1. The zero-order valence-corrected chi connectivity index (χ0v) is 19.1.